The molecule has 0 aliphatic heterocycles. The predicted octanol–water partition coefficient (Wildman–Crippen LogP) is 4.75. The summed E-state index contributed by atoms with van der Waals surface area (Å²) in [5.41, 5.74) is 3.82. The Bertz CT molecular complexity index is 373. The first kappa shape index (κ1) is 18.9. The van der Waals surface area contributed by atoms with Gasteiger partial charge < -0.3 is 9.90 Å². The van der Waals surface area contributed by atoms with E-state index in [9.17, 15) is 4.79 Å². The van der Waals surface area contributed by atoms with Gasteiger partial charge in [-0.3, -0.25) is 0 Å². The van der Waals surface area contributed by atoms with Gasteiger partial charge in [-0.25, -0.2) is 0 Å². The fourth-order valence-corrected chi connectivity index (χ4v) is 1.88. The molecule has 0 aromatic carbocycles. The monoisotopic (exact) mass is 278 g/mol. The third-order valence-corrected chi connectivity index (χ3v) is 3.30. The predicted molar refractivity (Wildman–Crippen MR) is 86.7 cm³/mol. The number of hydrogen-bond donors (Lipinski definition) is 1. The van der Waals surface area contributed by atoms with Crippen LogP contribution in [0.4, 0.5) is 0 Å². The average molecular weight is 278 g/mol. The molecule has 0 atom stereocenters. The van der Waals surface area contributed by atoms with Gasteiger partial charge in [-0.15, -0.1) is 0 Å². The molecule has 0 saturated carbocycles. The van der Waals surface area contributed by atoms with Crippen molar-refractivity contribution >= 4 is 5.78 Å². The number of rotatable bonds is 10. The molecule has 0 unspecified atom stereocenters. The molecule has 0 spiro atoms. The molecule has 20 heavy (non-hydrogen) atoms. The summed E-state index contributed by atoms with van der Waals surface area (Å²) >= 11 is 0. The molecule has 0 radical (unpaired) electrons. The molecule has 0 heterocycles. The maximum Gasteiger partial charge on any atom is 0.130 e. The minimum absolute atomic E-state index is 0.160. The lowest BCUT2D eigenvalue weighted by Crippen LogP contribution is -1.87. The Balaban J connectivity index is 3.89. The normalized spacial score (nSPS) is 13.8. The van der Waals surface area contributed by atoms with Gasteiger partial charge in [0.2, 0.25) is 0 Å². The first-order valence-electron chi connectivity index (χ1n) is 7.53. The first-order chi connectivity index (χ1) is 9.45. The standard InChI is InChI=1S/C18H30O2/c1-15(10-6-12-17(3)14-19)8-5-9-16(2)11-7-13-18(4)20/h8,11-12,19H,5-7,9-10,13-14H2,1-4H3/b15-8?,16-11-,17-12?. The lowest BCUT2D eigenvalue weighted by molar-refractivity contribution is -0.116. The van der Waals surface area contributed by atoms with Crippen LogP contribution >= 0.6 is 0 Å². The number of aliphatic hydroxyl groups excluding tert-OH is 1. The summed E-state index contributed by atoms with van der Waals surface area (Å²) in [5, 5.41) is 8.90. The van der Waals surface area contributed by atoms with Crippen LogP contribution < -0.4 is 0 Å². The Kier molecular flexibility index (Phi) is 11.0. The highest BCUT2D eigenvalue weighted by molar-refractivity contribution is 5.75. The van der Waals surface area contributed by atoms with E-state index in [4.69, 9.17) is 5.11 Å². The zero-order valence-electron chi connectivity index (χ0n) is 13.5. The molecule has 0 aliphatic carbocycles. The van der Waals surface area contributed by atoms with Gasteiger partial charge in [0.05, 0.1) is 6.61 Å². The highest BCUT2D eigenvalue weighted by Gasteiger charge is 1.94. The number of aliphatic hydroxyl groups is 1. The van der Waals surface area contributed by atoms with Gasteiger partial charge in [0.25, 0.3) is 0 Å². The molecular formula is C18H30O2. The van der Waals surface area contributed by atoms with E-state index in [1.807, 2.05) is 6.92 Å². The second-order valence-electron chi connectivity index (χ2n) is 5.63. The van der Waals surface area contributed by atoms with Crippen molar-refractivity contribution in [3.05, 3.63) is 34.9 Å². The topological polar surface area (TPSA) is 37.3 Å². The quantitative estimate of drug-likeness (QED) is 0.586. The maximum absolute atomic E-state index is 10.8. The van der Waals surface area contributed by atoms with Crippen molar-refractivity contribution in [3.63, 3.8) is 0 Å². The number of ketones is 1. The molecule has 0 fully saturated rings. The molecule has 0 aliphatic rings. The summed E-state index contributed by atoms with van der Waals surface area (Å²) in [6.07, 6.45) is 12.3. The first-order valence-corrected chi connectivity index (χ1v) is 7.53. The minimum atomic E-state index is 0.160. The molecule has 0 bridgehead atoms. The minimum Gasteiger partial charge on any atom is -0.392 e. The van der Waals surface area contributed by atoms with Gasteiger partial charge in [0, 0.05) is 6.42 Å². The van der Waals surface area contributed by atoms with Crippen molar-refractivity contribution in [2.24, 2.45) is 0 Å². The highest BCUT2D eigenvalue weighted by atomic mass is 16.3. The van der Waals surface area contributed by atoms with Gasteiger partial charge in [-0.1, -0.05) is 34.9 Å². The second-order valence-corrected chi connectivity index (χ2v) is 5.63. The van der Waals surface area contributed by atoms with Crippen LogP contribution in [0.2, 0.25) is 0 Å². The largest absolute Gasteiger partial charge is 0.392 e. The Morgan fingerprint density at radius 3 is 1.55 bits per heavy atom. The summed E-state index contributed by atoms with van der Waals surface area (Å²) in [6.45, 7) is 8.05. The van der Waals surface area contributed by atoms with Gasteiger partial charge in [0.15, 0.2) is 0 Å². The van der Waals surface area contributed by atoms with E-state index >= 15 is 0 Å². The van der Waals surface area contributed by atoms with E-state index in [1.54, 1.807) is 6.92 Å². The van der Waals surface area contributed by atoms with Crippen molar-refractivity contribution in [1.82, 2.24) is 0 Å². The van der Waals surface area contributed by atoms with Crippen LogP contribution in [0, 0.1) is 0 Å². The van der Waals surface area contributed by atoms with Crippen molar-refractivity contribution < 1.29 is 9.90 Å². The van der Waals surface area contributed by atoms with E-state index in [0.717, 1.165) is 37.7 Å². The van der Waals surface area contributed by atoms with Gasteiger partial charge in [-0.2, -0.15) is 0 Å². The third-order valence-electron chi connectivity index (χ3n) is 3.30. The summed E-state index contributed by atoms with van der Waals surface area (Å²) in [6, 6.07) is 0. The van der Waals surface area contributed by atoms with Crippen LogP contribution in [-0.2, 0) is 4.79 Å². The van der Waals surface area contributed by atoms with Crippen LogP contribution in [0.1, 0.15) is 66.2 Å². The fourth-order valence-electron chi connectivity index (χ4n) is 1.88. The summed E-state index contributed by atoms with van der Waals surface area (Å²) in [7, 11) is 0. The number of allylic oxidation sites excluding steroid dienone is 5. The number of hydrogen-bond acceptors (Lipinski definition) is 2. The molecule has 114 valence electrons. The zero-order chi connectivity index (χ0) is 15.4. The van der Waals surface area contributed by atoms with Crippen molar-refractivity contribution in [3.8, 4) is 0 Å². The van der Waals surface area contributed by atoms with Crippen LogP contribution in [0.3, 0.4) is 0 Å². The fraction of sp³-hybridized carbons (Fsp3) is 0.611. The van der Waals surface area contributed by atoms with Crippen molar-refractivity contribution in [2.75, 3.05) is 6.61 Å². The Labute approximate surface area is 124 Å². The molecule has 0 amide bonds. The summed E-state index contributed by atoms with van der Waals surface area (Å²) in [4.78, 5) is 10.8. The molecule has 1 N–H and O–H groups in total. The summed E-state index contributed by atoms with van der Waals surface area (Å²) in [5.74, 6) is 0.260. The van der Waals surface area contributed by atoms with E-state index in [2.05, 4.69) is 32.1 Å². The van der Waals surface area contributed by atoms with E-state index in [0.29, 0.717) is 6.42 Å². The molecule has 0 aromatic heterocycles. The van der Waals surface area contributed by atoms with E-state index in [-0.39, 0.29) is 12.4 Å². The zero-order valence-corrected chi connectivity index (χ0v) is 13.5. The van der Waals surface area contributed by atoms with Crippen LogP contribution in [-0.4, -0.2) is 17.5 Å². The number of carbonyl (C=O) groups excluding carboxylic acids is 1. The van der Waals surface area contributed by atoms with Gasteiger partial charge >= 0.3 is 0 Å². The van der Waals surface area contributed by atoms with Gasteiger partial charge in [0.1, 0.15) is 5.78 Å². The Morgan fingerprint density at radius 2 is 1.15 bits per heavy atom. The van der Waals surface area contributed by atoms with Gasteiger partial charge in [-0.05, 0) is 59.8 Å². The summed E-state index contributed by atoms with van der Waals surface area (Å²) < 4.78 is 0. The number of carbonyl (C=O) groups is 1. The molecule has 2 nitrogen and oxygen atoms in total. The lowest BCUT2D eigenvalue weighted by atomic mass is 10.1. The SMILES string of the molecule is CC(=O)CC/C=C(/C)CCC=C(C)CCC=C(C)CO. The Morgan fingerprint density at radius 1 is 0.750 bits per heavy atom. The third kappa shape index (κ3) is 11.9. The maximum atomic E-state index is 10.8. The molecule has 0 rings (SSSR count). The smallest absolute Gasteiger partial charge is 0.130 e. The average Bonchev–Trinajstić information content (AvgIpc) is 2.38. The molecule has 0 saturated heterocycles. The second kappa shape index (κ2) is 11.7. The van der Waals surface area contributed by atoms with Crippen molar-refractivity contribution in [2.45, 2.75) is 66.2 Å². The molecule has 2 heteroatoms. The van der Waals surface area contributed by atoms with Crippen LogP contribution in [0.25, 0.3) is 0 Å². The van der Waals surface area contributed by atoms with Crippen molar-refractivity contribution in [1.29, 1.82) is 0 Å². The highest BCUT2D eigenvalue weighted by Crippen LogP contribution is 2.12. The Hall–Kier alpha value is -1.15. The lowest BCUT2D eigenvalue weighted by Gasteiger charge is -2.01. The molecular weight excluding hydrogens is 248 g/mol. The van der Waals surface area contributed by atoms with Crippen LogP contribution in [0.15, 0.2) is 34.9 Å². The number of Topliss-reactive ketones (excluding diaryl/α,β-unsaturated/α-hetero) is 1. The molecule has 0 aromatic rings. The van der Waals surface area contributed by atoms with Crippen LogP contribution in [0.5, 0.6) is 0 Å². The van der Waals surface area contributed by atoms with E-state index < -0.39 is 0 Å². The van der Waals surface area contributed by atoms with E-state index in [1.165, 1.54) is 11.1 Å².